The number of nitrogens with one attached hydrogen (secondary N) is 1. The molecule has 0 radical (unpaired) electrons. The van der Waals surface area contributed by atoms with Crippen molar-refractivity contribution < 1.29 is 14.1 Å². The maximum absolute atomic E-state index is 13.1. The van der Waals surface area contributed by atoms with Crippen LogP contribution in [-0.4, -0.2) is 48.5 Å². The van der Waals surface area contributed by atoms with Crippen LogP contribution >= 0.6 is 0 Å². The summed E-state index contributed by atoms with van der Waals surface area (Å²) in [6.45, 7) is 3.10. The predicted octanol–water partition coefficient (Wildman–Crippen LogP) is 2.49. The number of anilines is 2. The normalized spacial score (nSPS) is 14.9. The average Bonchev–Trinajstić information content (AvgIpc) is 2.62. The molecule has 7 nitrogen and oxygen atoms in total. The minimum atomic E-state index is -0.418. The highest BCUT2D eigenvalue weighted by Crippen LogP contribution is 2.20. The molecule has 2 aromatic rings. The summed E-state index contributed by atoms with van der Waals surface area (Å²) in [6, 6.07) is 12.3. The minimum Gasteiger partial charge on any atom is -0.369 e. The Balaban J connectivity index is 1.49. The average molecular weight is 358 g/mol. The molecule has 1 aliphatic rings. The van der Waals surface area contributed by atoms with Crippen LogP contribution in [0.3, 0.4) is 0 Å². The fourth-order valence-electron chi connectivity index (χ4n) is 2.92. The molecule has 1 amide bonds. The first kappa shape index (κ1) is 17.8. The number of halogens is 1. The number of nitro benzene ring substituents is 1. The third-order valence-corrected chi connectivity index (χ3v) is 4.27. The molecule has 0 atom stereocenters. The maximum atomic E-state index is 13.1. The molecular weight excluding hydrogens is 339 g/mol. The zero-order valence-corrected chi connectivity index (χ0v) is 14.1. The van der Waals surface area contributed by atoms with Crippen LogP contribution in [0, 0.1) is 15.9 Å². The Kier molecular flexibility index (Phi) is 5.43. The quantitative estimate of drug-likeness (QED) is 0.656. The summed E-state index contributed by atoms with van der Waals surface area (Å²) in [7, 11) is 0. The second kappa shape index (κ2) is 7.92. The van der Waals surface area contributed by atoms with Crippen molar-refractivity contribution >= 4 is 23.0 Å². The highest BCUT2D eigenvalue weighted by Gasteiger charge is 2.19. The molecule has 0 saturated carbocycles. The number of hydrogen-bond donors (Lipinski definition) is 1. The smallest absolute Gasteiger partial charge is 0.269 e. The number of non-ortho nitro benzene ring substituents is 1. The summed E-state index contributed by atoms with van der Waals surface area (Å²) in [5, 5.41) is 13.4. The van der Waals surface area contributed by atoms with E-state index in [-0.39, 0.29) is 24.0 Å². The molecule has 3 rings (SSSR count). The molecule has 1 fully saturated rings. The molecule has 1 heterocycles. The lowest BCUT2D eigenvalue weighted by molar-refractivity contribution is -0.384. The topological polar surface area (TPSA) is 78.7 Å². The highest BCUT2D eigenvalue weighted by atomic mass is 19.1. The number of benzene rings is 2. The van der Waals surface area contributed by atoms with Crippen molar-refractivity contribution in [1.82, 2.24) is 4.90 Å². The van der Waals surface area contributed by atoms with E-state index in [1.807, 2.05) is 4.90 Å². The van der Waals surface area contributed by atoms with Gasteiger partial charge in [0.1, 0.15) is 5.82 Å². The van der Waals surface area contributed by atoms with Crippen LogP contribution in [0.15, 0.2) is 48.5 Å². The van der Waals surface area contributed by atoms with E-state index in [0.29, 0.717) is 18.8 Å². The lowest BCUT2D eigenvalue weighted by atomic mass is 10.2. The molecule has 0 unspecified atom stereocenters. The third-order valence-electron chi connectivity index (χ3n) is 4.27. The van der Waals surface area contributed by atoms with Gasteiger partial charge in [-0.05, 0) is 30.3 Å². The number of carbonyl (C=O) groups excluding carboxylic acids is 1. The van der Waals surface area contributed by atoms with E-state index >= 15 is 0 Å². The molecule has 0 aliphatic carbocycles. The van der Waals surface area contributed by atoms with E-state index in [2.05, 4.69) is 10.2 Å². The van der Waals surface area contributed by atoms with Crippen molar-refractivity contribution in [3.63, 3.8) is 0 Å². The van der Waals surface area contributed by atoms with Crippen molar-refractivity contribution in [3.8, 4) is 0 Å². The number of hydrogen-bond acceptors (Lipinski definition) is 5. The predicted molar refractivity (Wildman–Crippen MR) is 96.8 cm³/mol. The molecule has 26 heavy (non-hydrogen) atoms. The SMILES string of the molecule is O=C(CN1CCN(c2ccc([N+](=O)[O-])cc2)CC1)Nc1cccc(F)c1. The molecule has 1 N–H and O–H groups in total. The van der Waals surface area contributed by atoms with E-state index in [4.69, 9.17) is 0 Å². The summed E-state index contributed by atoms with van der Waals surface area (Å²) < 4.78 is 13.1. The summed E-state index contributed by atoms with van der Waals surface area (Å²) in [4.78, 5) is 26.5. The first-order valence-corrected chi connectivity index (χ1v) is 8.28. The Labute approximate surface area is 150 Å². The van der Waals surface area contributed by atoms with E-state index in [1.165, 1.54) is 24.3 Å². The van der Waals surface area contributed by atoms with Gasteiger partial charge in [0.15, 0.2) is 0 Å². The fourth-order valence-corrected chi connectivity index (χ4v) is 2.92. The van der Waals surface area contributed by atoms with Gasteiger partial charge in [0, 0.05) is 49.7 Å². The molecular formula is C18H19FN4O3. The van der Waals surface area contributed by atoms with Crippen molar-refractivity contribution in [3.05, 3.63) is 64.5 Å². The van der Waals surface area contributed by atoms with E-state index in [9.17, 15) is 19.3 Å². The van der Waals surface area contributed by atoms with Gasteiger partial charge in [-0.2, -0.15) is 0 Å². The van der Waals surface area contributed by atoms with Crippen molar-refractivity contribution in [1.29, 1.82) is 0 Å². The number of piperazine rings is 1. The Bertz CT molecular complexity index is 789. The zero-order chi connectivity index (χ0) is 18.5. The van der Waals surface area contributed by atoms with Crippen LogP contribution in [0.25, 0.3) is 0 Å². The second-order valence-corrected chi connectivity index (χ2v) is 6.10. The molecule has 1 aliphatic heterocycles. The third kappa shape index (κ3) is 4.54. The summed E-state index contributed by atoms with van der Waals surface area (Å²) in [5.41, 5.74) is 1.44. The number of nitrogens with zero attached hydrogens (tertiary/aromatic N) is 3. The summed E-state index contributed by atoms with van der Waals surface area (Å²) in [5.74, 6) is -0.570. The number of amides is 1. The van der Waals surface area contributed by atoms with Gasteiger partial charge in [-0.1, -0.05) is 6.07 Å². The first-order valence-electron chi connectivity index (χ1n) is 8.28. The molecule has 1 saturated heterocycles. The van der Waals surface area contributed by atoms with Crippen LogP contribution in [0.2, 0.25) is 0 Å². The summed E-state index contributed by atoms with van der Waals surface area (Å²) >= 11 is 0. The molecule has 8 heteroatoms. The van der Waals surface area contributed by atoms with Gasteiger partial charge in [0.25, 0.3) is 5.69 Å². The van der Waals surface area contributed by atoms with Gasteiger partial charge in [0.2, 0.25) is 5.91 Å². The van der Waals surface area contributed by atoms with Crippen molar-refractivity contribution in [2.24, 2.45) is 0 Å². The molecule has 0 bridgehead atoms. The van der Waals surface area contributed by atoms with Crippen molar-refractivity contribution in [2.45, 2.75) is 0 Å². The fraction of sp³-hybridized carbons (Fsp3) is 0.278. The highest BCUT2D eigenvalue weighted by molar-refractivity contribution is 5.92. The number of carbonyl (C=O) groups is 1. The van der Waals surface area contributed by atoms with E-state index in [0.717, 1.165) is 18.8 Å². The minimum absolute atomic E-state index is 0.0707. The zero-order valence-electron chi connectivity index (χ0n) is 14.1. The van der Waals surface area contributed by atoms with Gasteiger partial charge < -0.3 is 10.2 Å². The van der Waals surface area contributed by atoms with Gasteiger partial charge >= 0.3 is 0 Å². The molecule has 0 aromatic heterocycles. The Hall–Kier alpha value is -3.00. The maximum Gasteiger partial charge on any atom is 0.269 e. The van der Waals surface area contributed by atoms with Gasteiger partial charge in [0.05, 0.1) is 11.5 Å². The molecule has 136 valence electrons. The van der Waals surface area contributed by atoms with Crippen LogP contribution in [-0.2, 0) is 4.79 Å². The van der Waals surface area contributed by atoms with Crippen LogP contribution < -0.4 is 10.2 Å². The van der Waals surface area contributed by atoms with Crippen LogP contribution in [0.5, 0.6) is 0 Å². The van der Waals surface area contributed by atoms with Crippen LogP contribution in [0.1, 0.15) is 0 Å². The number of rotatable bonds is 5. The molecule has 2 aromatic carbocycles. The van der Waals surface area contributed by atoms with Gasteiger partial charge in [-0.3, -0.25) is 19.8 Å². The second-order valence-electron chi connectivity index (χ2n) is 6.10. The number of nitro groups is 1. The Morgan fingerprint density at radius 3 is 2.42 bits per heavy atom. The van der Waals surface area contributed by atoms with E-state index in [1.54, 1.807) is 24.3 Å². The van der Waals surface area contributed by atoms with Gasteiger partial charge in [-0.25, -0.2) is 4.39 Å². The van der Waals surface area contributed by atoms with E-state index < -0.39 is 4.92 Å². The Morgan fingerprint density at radius 2 is 1.81 bits per heavy atom. The van der Waals surface area contributed by atoms with Gasteiger partial charge in [-0.15, -0.1) is 0 Å². The lowest BCUT2D eigenvalue weighted by Gasteiger charge is -2.35. The molecule has 0 spiro atoms. The standard InChI is InChI=1S/C18H19FN4O3/c19-14-2-1-3-15(12-14)20-18(24)13-21-8-10-22(11-9-21)16-4-6-17(7-5-16)23(25)26/h1-7,12H,8-11,13H2,(H,20,24). The Morgan fingerprint density at radius 1 is 1.12 bits per heavy atom. The van der Waals surface area contributed by atoms with Crippen molar-refractivity contribution in [2.75, 3.05) is 42.9 Å². The first-order chi connectivity index (χ1) is 12.5. The lowest BCUT2D eigenvalue weighted by Crippen LogP contribution is -2.48. The summed E-state index contributed by atoms with van der Waals surface area (Å²) in [6.07, 6.45) is 0. The largest absolute Gasteiger partial charge is 0.369 e. The van der Waals surface area contributed by atoms with Crippen LogP contribution in [0.4, 0.5) is 21.5 Å². The monoisotopic (exact) mass is 358 g/mol.